The maximum absolute atomic E-state index is 13.0. The molecule has 0 saturated carbocycles. The molecular weight excluding hydrogens is 453 g/mol. The number of nitrogens with zero attached hydrogens (tertiary/aromatic N) is 1. The molecule has 2 rings (SSSR count). The molecule has 2 aromatic carbocycles. The van der Waals surface area contributed by atoms with E-state index in [0.29, 0.717) is 0 Å². The zero-order chi connectivity index (χ0) is 18.6. The largest absolute Gasteiger partial charge is 0.481 e. The minimum absolute atomic E-state index is 0.0369. The second-order valence-electron chi connectivity index (χ2n) is 5.10. The number of carboxylic acid groups (broad SMARTS) is 1. The van der Waals surface area contributed by atoms with Crippen LogP contribution < -0.4 is 4.31 Å². The van der Waals surface area contributed by atoms with E-state index in [2.05, 4.69) is 15.9 Å². The number of rotatable bonds is 7. The van der Waals surface area contributed by atoms with Crippen LogP contribution in [-0.2, 0) is 14.8 Å². The summed E-state index contributed by atoms with van der Waals surface area (Å²) in [5.41, 5.74) is 0.211. The third-order valence-corrected chi connectivity index (χ3v) is 6.52. The van der Waals surface area contributed by atoms with E-state index < -0.39 is 16.0 Å². The Morgan fingerprint density at radius 2 is 1.76 bits per heavy atom. The fourth-order valence-corrected chi connectivity index (χ4v) is 4.39. The van der Waals surface area contributed by atoms with Crippen molar-refractivity contribution in [3.05, 3.63) is 57.0 Å². The highest BCUT2D eigenvalue weighted by Gasteiger charge is 2.27. The van der Waals surface area contributed by atoms with Gasteiger partial charge in [0.05, 0.1) is 20.6 Å². The molecule has 0 bridgehead atoms. The summed E-state index contributed by atoms with van der Waals surface area (Å²) in [6.45, 7) is -0.0369. The standard InChI is InChI=1S/C16H14BrCl2NO4S/c17-11-6-8-12(9-7-11)25(23,24)20(10-2-5-15(21)22)14-4-1-3-13(18)16(14)19/h1,3-4,6-9H,2,5,10H2,(H,21,22). The van der Waals surface area contributed by atoms with Crippen LogP contribution in [0.3, 0.4) is 0 Å². The predicted octanol–water partition coefficient (Wildman–Crippen LogP) is 4.82. The highest BCUT2D eigenvalue weighted by atomic mass is 79.9. The number of carboxylic acids is 1. The Morgan fingerprint density at radius 3 is 2.36 bits per heavy atom. The molecule has 9 heteroatoms. The minimum atomic E-state index is -3.93. The van der Waals surface area contributed by atoms with Crippen molar-refractivity contribution in [3.63, 3.8) is 0 Å². The Kier molecular flexibility index (Phi) is 6.73. The SMILES string of the molecule is O=C(O)CCCN(c1cccc(Cl)c1Cl)S(=O)(=O)c1ccc(Br)cc1. The van der Waals surface area contributed by atoms with E-state index in [-0.39, 0.29) is 40.0 Å². The molecule has 0 amide bonds. The van der Waals surface area contributed by atoms with E-state index in [4.69, 9.17) is 28.3 Å². The molecule has 0 aliphatic rings. The van der Waals surface area contributed by atoms with Gasteiger partial charge in [-0.1, -0.05) is 45.2 Å². The van der Waals surface area contributed by atoms with Crippen LogP contribution in [0.2, 0.25) is 10.0 Å². The number of halogens is 3. The fourth-order valence-electron chi connectivity index (χ4n) is 2.16. The average Bonchev–Trinajstić information content (AvgIpc) is 2.55. The van der Waals surface area contributed by atoms with Gasteiger partial charge in [-0.25, -0.2) is 8.42 Å². The van der Waals surface area contributed by atoms with Crippen molar-refractivity contribution in [1.29, 1.82) is 0 Å². The molecule has 0 aliphatic heterocycles. The van der Waals surface area contributed by atoms with Gasteiger partial charge in [-0.05, 0) is 42.8 Å². The molecule has 0 aliphatic carbocycles. The highest BCUT2D eigenvalue weighted by Crippen LogP contribution is 2.35. The molecule has 2 aromatic rings. The van der Waals surface area contributed by atoms with Crippen molar-refractivity contribution in [2.75, 3.05) is 10.8 Å². The summed E-state index contributed by atoms with van der Waals surface area (Å²) in [6.07, 6.45) is -0.0293. The van der Waals surface area contributed by atoms with Gasteiger partial charge in [0.2, 0.25) is 0 Å². The lowest BCUT2D eigenvalue weighted by atomic mass is 10.3. The Hall–Kier alpha value is -1.28. The third-order valence-electron chi connectivity index (χ3n) is 3.35. The Morgan fingerprint density at radius 1 is 1.12 bits per heavy atom. The summed E-state index contributed by atoms with van der Waals surface area (Å²) in [6, 6.07) is 10.8. The van der Waals surface area contributed by atoms with Crippen LogP contribution in [0, 0.1) is 0 Å². The average molecular weight is 467 g/mol. The number of carbonyl (C=O) groups is 1. The van der Waals surface area contributed by atoms with Crippen LogP contribution in [0.1, 0.15) is 12.8 Å². The minimum Gasteiger partial charge on any atom is -0.481 e. The van der Waals surface area contributed by atoms with Crippen LogP contribution >= 0.6 is 39.1 Å². The zero-order valence-electron chi connectivity index (χ0n) is 12.8. The molecule has 5 nitrogen and oxygen atoms in total. The first-order valence-corrected chi connectivity index (χ1v) is 10.2. The second kappa shape index (κ2) is 8.40. The highest BCUT2D eigenvalue weighted by molar-refractivity contribution is 9.10. The van der Waals surface area contributed by atoms with E-state index in [1.807, 2.05) is 0 Å². The van der Waals surface area contributed by atoms with E-state index >= 15 is 0 Å². The van der Waals surface area contributed by atoms with E-state index in [1.54, 1.807) is 24.3 Å². The number of benzene rings is 2. The zero-order valence-corrected chi connectivity index (χ0v) is 16.7. The summed E-state index contributed by atoms with van der Waals surface area (Å²) in [4.78, 5) is 10.8. The molecule has 0 radical (unpaired) electrons. The van der Waals surface area contributed by atoms with Gasteiger partial charge >= 0.3 is 5.97 Å². The molecule has 25 heavy (non-hydrogen) atoms. The van der Waals surface area contributed by atoms with Crippen molar-refractivity contribution in [2.24, 2.45) is 0 Å². The number of sulfonamides is 1. The van der Waals surface area contributed by atoms with Crippen molar-refractivity contribution in [3.8, 4) is 0 Å². The first-order chi connectivity index (χ1) is 11.7. The maximum atomic E-state index is 13.0. The molecule has 0 spiro atoms. The van der Waals surface area contributed by atoms with Gasteiger partial charge in [0.1, 0.15) is 0 Å². The Bertz CT molecular complexity index is 872. The Balaban J connectivity index is 2.48. The fraction of sp³-hybridized carbons (Fsp3) is 0.188. The van der Waals surface area contributed by atoms with Crippen LogP contribution in [0.4, 0.5) is 5.69 Å². The monoisotopic (exact) mass is 465 g/mol. The number of hydrogen-bond acceptors (Lipinski definition) is 3. The lowest BCUT2D eigenvalue weighted by Crippen LogP contribution is -2.32. The molecule has 0 saturated heterocycles. The quantitative estimate of drug-likeness (QED) is 0.634. The molecule has 0 aromatic heterocycles. The first-order valence-electron chi connectivity index (χ1n) is 7.17. The van der Waals surface area contributed by atoms with Crippen LogP contribution in [0.25, 0.3) is 0 Å². The van der Waals surface area contributed by atoms with Crippen molar-refractivity contribution in [1.82, 2.24) is 0 Å². The van der Waals surface area contributed by atoms with Gasteiger partial charge in [-0.2, -0.15) is 0 Å². The topological polar surface area (TPSA) is 74.7 Å². The number of anilines is 1. The predicted molar refractivity (Wildman–Crippen MR) is 102 cm³/mol. The summed E-state index contributed by atoms with van der Waals surface area (Å²) in [5, 5.41) is 9.14. The molecule has 0 atom stereocenters. The summed E-state index contributed by atoms with van der Waals surface area (Å²) in [7, 11) is -3.93. The van der Waals surface area contributed by atoms with Crippen molar-refractivity contribution < 1.29 is 18.3 Å². The Labute approximate surface area is 164 Å². The van der Waals surface area contributed by atoms with Gasteiger partial charge in [0.15, 0.2) is 0 Å². The summed E-state index contributed by atoms with van der Waals surface area (Å²) >= 11 is 15.5. The molecule has 0 heterocycles. The smallest absolute Gasteiger partial charge is 0.303 e. The van der Waals surface area contributed by atoms with E-state index in [1.165, 1.54) is 18.2 Å². The molecule has 0 unspecified atom stereocenters. The van der Waals surface area contributed by atoms with Crippen LogP contribution in [0.5, 0.6) is 0 Å². The van der Waals surface area contributed by atoms with Crippen LogP contribution in [0.15, 0.2) is 51.8 Å². The lowest BCUT2D eigenvalue weighted by molar-refractivity contribution is -0.137. The van der Waals surface area contributed by atoms with Crippen molar-refractivity contribution in [2.45, 2.75) is 17.7 Å². The van der Waals surface area contributed by atoms with E-state index in [9.17, 15) is 13.2 Å². The first kappa shape index (κ1) is 20.0. The van der Waals surface area contributed by atoms with Gasteiger partial charge in [-0.3, -0.25) is 9.10 Å². The summed E-state index contributed by atoms with van der Waals surface area (Å²) < 4.78 is 27.9. The van der Waals surface area contributed by atoms with Gasteiger partial charge in [-0.15, -0.1) is 0 Å². The van der Waals surface area contributed by atoms with Gasteiger partial charge in [0.25, 0.3) is 10.0 Å². The van der Waals surface area contributed by atoms with Crippen LogP contribution in [-0.4, -0.2) is 26.0 Å². The van der Waals surface area contributed by atoms with E-state index in [0.717, 1.165) is 8.78 Å². The normalized spacial score (nSPS) is 11.3. The second-order valence-corrected chi connectivity index (χ2v) is 8.66. The summed E-state index contributed by atoms with van der Waals surface area (Å²) in [5.74, 6) is -1.00. The molecule has 0 fully saturated rings. The lowest BCUT2D eigenvalue weighted by Gasteiger charge is -2.25. The maximum Gasteiger partial charge on any atom is 0.303 e. The van der Waals surface area contributed by atoms with Gasteiger partial charge in [0, 0.05) is 17.4 Å². The number of hydrogen-bond donors (Lipinski definition) is 1. The number of aliphatic carboxylic acids is 1. The molecular formula is C16H14BrCl2NO4S. The van der Waals surface area contributed by atoms with Gasteiger partial charge < -0.3 is 5.11 Å². The molecule has 134 valence electrons. The van der Waals surface area contributed by atoms with Crippen molar-refractivity contribution >= 4 is 60.8 Å². The third kappa shape index (κ3) is 4.88. The molecule has 1 N–H and O–H groups in total.